The number of anilines is 2. The standard InChI is InChI=1S/C38H37ClF5N7O3S/c39-24-10-22-29(28(42)27(24)21-4-5-25(41)30-26(21)23(12-45)31(46)55-30)47-35(54-17-37-7-3-9-51(37)13-20(40)11-37)48-32(22)49-8-2-1-6-36(14-49)15-50(16-36)34(52)38(33(43)44)18-53-19-38/h4-5,10,20,33H,1-3,6-9,11,13-19,46H2/t20-,37+/m1/s1. The third kappa shape index (κ3) is 5.70. The minimum Gasteiger partial charge on any atom is -0.461 e. The van der Waals surface area contributed by atoms with Crippen LogP contribution in [0.5, 0.6) is 6.01 Å². The number of rotatable bonds is 7. The lowest BCUT2D eigenvalue weighted by molar-refractivity contribution is -0.211. The Labute approximate surface area is 321 Å². The smallest absolute Gasteiger partial charge is 0.319 e. The van der Waals surface area contributed by atoms with Gasteiger partial charge >= 0.3 is 6.01 Å². The van der Waals surface area contributed by atoms with E-state index in [-0.39, 0.29) is 86.6 Å². The van der Waals surface area contributed by atoms with Crippen molar-refractivity contribution in [2.24, 2.45) is 10.8 Å². The number of nitrogen functional groups attached to an aromatic ring is 1. The second-order valence-electron chi connectivity index (χ2n) is 15.9. The van der Waals surface area contributed by atoms with E-state index < -0.39 is 46.5 Å². The predicted octanol–water partition coefficient (Wildman–Crippen LogP) is 6.95. The number of fused-ring (bicyclic) bond motifs is 3. The number of likely N-dealkylation sites (tertiary alicyclic amines) is 1. The van der Waals surface area contributed by atoms with Crippen LogP contribution in [-0.2, 0) is 9.53 Å². The average Bonchev–Trinajstić information content (AvgIpc) is 3.69. The predicted molar refractivity (Wildman–Crippen MR) is 197 cm³/mol. The van der Waals surface area contributed by atoms with Crippen LogP contribution in [0.2, 0.25) is 5.02 Å². The Hall–Kier alpha value is -4.04. The summed E-state index contributed by atoms with van der Waals surface area (Å²) in [7, 11) is 0. The van der Waals surface area contributed by atoms with Crippen LogP contribution in [0.1, 0.15) is 44.1 Å². The summed E-state index contributed by atoms with van der Waals surface area (Å²) < 4.78 is 86.3. The molecular formula is C38H37ClF5N7O3S. The van der Waals surface area contributed by atoms with E-state index in [1.807, 2.05) is 11.0 Å². The number of aromatic nitrogens is 2. The third-order valence-electron chi connectivity index (χ3n) is 12.4. The molecule has 5 aliphatic heterocycles. The van der Waals surface area contributed by atoms with Gasteiger partial charge in [0, 0.05) is 60.9 Å². The first kappa shape index (κ1) is 36.6. The van der Waals surface area contributed by atoms with Crippen LogP contribution in [0.25, 0.3) is 32.1 Å². The van der Waals surface area contributed by atoms with E-state index in [4.69, 9.17) is 31.8 Å². The molecule has 55 heavy (non-hydrogen) atoms. The molecule has 2 atom stereocenters. The molecule has 1 spiro atoms. The fourth-order valence-electron chi connectivity index (χ4n) is 9.56. The maximum absolute atomic E-state index is 17.3. The Morgan fingerprint density at radius 1 is 1.15 bits per heavy atom. The molecule has 0 radical (unpaired) electrons. The summed E-state index contributed by atoms with van der Waals surface area (Å²) in [6.07, 6.45) is 0.378. The Morgan fingerprint density at radius 3 is 2.67 bits per heavy atom. The van der Waals surface area contributed by atoms with Crippen molar-refractivity contribution in [1.29, 1.82) is 5.26 Å². The number of alkyl halides is 3. The second-order valence-corrected chi connectivity index (χ2v) is 17.3. The van der Waals surface area contributed by atoms with Gasteiger partial charge in [-0.1, -0.05) is 24.1 Å². The van der Waals surface area contributed by atoms with Gasteiger partial charge in [0.05, 0.1) is 34.0 Å². The molecule has 5 saturated heterocycles. The van der Waals surface area contributed by atoms with Crippen LogP contribution in [0.4, 0.5) is 32.8 Å². The number of carbonyl (C=O) groups is 1. The Kier molecular flexibility index (Phi) is 8.84. The molecule has 0 unspecified atom stereocenters. The molecule has 5 aliphatic rings. The highest BCUT2D eigenvalue weighted by atomic mass is 35.5. The number of amides is 1. The van der Waals surface area contributed by atoms with Crippen LogP contribution < -0.4 is 15.4 Å². The van der Waals surface area contributed by atoms with Crippen molar-refractivity contribution < 1.29 is 36.2 Å². The maximum atomic E-state index is 17.3. The molecule has 2 aromatic heterocycles. The number of halogens is 6. The Bertz CT molecular complexity index is 2280. The summed E-state index contributed by atoms with van der Waals surface area (Å²) >= 11 is 7.80. The molecule has 0 saturated carbocycles. The van der Waals surface area contributed by atoms with Crippen LogP contribution >= 0.6 is 22.9 Å². The van der Waals surface area contributed by atoms with Crippen molar-refractivity contribution in [3.8, 4) is 23.2 Å². The van der Waals surface area contributed by atoms with E-state index >= 15 is 8.78 Å². The van der Waals surface area contributed by atoms with Crippen molar-refractivity contribution in [2.45, 2.75) is 56.7 Å². The number of thiophene rings is 1. The molecule has 2 N–H and O–H groups in total. The number of nitrogens with zero attached hydrogens (tertiary/aromatic N) is 6. The molecule has 9 rings (SSSR count). The zero-order chi connectivity index (χ0) is 38.4. The average molecular weight is 802 g/mol. The Morgan fingerprint density at radius 2 is 1.95 bits per heavy atom. The van der Waals surface area contributed by atoms with Gasteiger partial charge in [0.15, 0.2) is 11.2 Å². The number of nitriles is 1. The maximum Gasteiger partial charge on any atom is 0.319 e. The molecular weight excluding hydrogens is 765 g/mol. The molecule has 10 nitrogen and oxygen atoms in total. The number of hydrogen-bond acceptors (Lipinski definition) is 10. The van der Waals surface area contributed by atoms with Gasteiger partial charge in [0.2, 0.25) is 5.91 Å². The highest BCUT2D eigenvalue weighted by Gasteiger charge is 2.59. The third-order valence-corrected chi connectivity index (χ3v) is 13.7. The summed E-state index contributed by atoms with van der Waals surface area (Å²) in [5.41, 5.74) is 3.25. The molecule has 4 aromatic rings. The summed E-state index contributed by atoms with van der Waals surface area (Å²) in [6.45, 7) is 1.98. The van der Waals surface area contributed by atoms with Crippen molar-refractivity contribution in [3.05, 3.63) is 40.4 Å². The molecule has 17 heteroatoms. The monoisotopic (exact) mass is 801 g/mol. The first-order chi connectivity index (χ1) is 26.4. The topological polar surface area (TPSA) is 121 Å². The molecule has 5 fully saturated rings. The van der Waals surface area contributed by atoms with E-state index in [0.29, 0.717) is 31.9 Å². The minimum atomic E-state index is -2.84. The van der Waals surface area contributed by atoms with E-state index in [2.05, 4.69) is 9.88 Å². The number of nitrogens with two attached hydrogens (primary N) is 1. The molecule has 1 amide bonds. The highest BCUT2D eigenvalue weighted by molar-refractivity contribution is 7.23. The summed E-state index contributed by atoms with van der Waals surface area (Å²) in [4.78, 5) is 28.3. The molecule has 0 bridgehead atoms. The van der Waals surface area contributed by atoms with Gasteiger partial charge in [0.25, 0.3) is 6.43 Å². The highest BCUT2D eigenvalue weighted by Crippen LogP contribution is 2.48. The first-order valence-corrected chi connectivity index (χ1v) is 19.6. The fourth-order valence-corrected chi connectivity index (χ4v) is 10.8. The van der Waals surface area contributed by atoms with Gasteiger partial charge in [-0.05, 0) is 49.9 Å². The normalized spacial score (nSPS) is 24.6. The van der Waals surface area contributed by atoms with Crippen LogP contribution in [0.15, 0.2) is 18.2 Å². The number of benzene rings is 2. The summed E-state index contributed by atoms with van der Waals surface area (Å²) in [5, 5.41) is 10.4. The SMILES string of the molecule is N#Cc1c(N)sc2c(F)ccc(-c3c(Cl)cc4c(N5CCCCC6(CN(C(=O)C7(C(F)F)COC7)C6)C5)nc(OC[C@@]56CCCN5C[C@H](F)C6)nc4c3F)c12. The van der Waals surface area contributed by atoms with Gasteiger partial charge in [-0.2, -0.15) is 15.2 Å². The minimum absolute atomic E-state index is 0.00719. The first-order valence-electron chi connectivity index (χ1n) is 18.4. The van der Waals surface area contributed by atoms with Crippen molar-refractivity contribution >= 4 is 60.7 Å². The molecule has 290 valence electrons. The van der Waals surface area contributed by atoms with Crippen molar-refractivity contribution in [2.75, 3.05) is 69.7 Å². The number of hydrogen-bond donors (Lipinski definition) is 1. The van der Waals surface area contributed by atoms with Gasteiger partial charge < -0.3 is 25.0 Å². The van der Waals surface area contributed by atoms with E-state index in [1.54, 1.807) is 6.07 Å². The lowest BCUT2D eigenvalue weighted by Crippen LogP contribution is -2.68. The lowest BCUT2D eigenvalue weighted by atomic mass is 9.73. The van der Waals surface area contributed by atoms with E-state index in [0.717, 1.165) is 50.0 Å². The van der Waals surface area contributed by atoms with Crippen LogP contribution in [-0.4, -0.2) is 103 Å². The fraction of sp³-hybridized carbons (Fsp3) is 0.526. The van der Waals surface area contributed by atoms with Crippen molar-refractivity contribution in [3.63, 3.8) is 0 Å². The summed E-state index contributed by atoms with van der Waals surface area (Å²) in [5.74, 6) is -1.72. The van der Waals surface area contributed by atoms with E-state index in [9.17, 15) is 23.2 Å². The zero-order valence-electron chi connectivity index (χ0n) is 29.7. The van der Waals surface area contributed by atoms with Gasteiger partial charge in [-0.25, -0.2) is 22.0 Å². The van der Waals surface area contributed by atoms with Crippen molar-refractivity contribution in [1.82, 2.24) is 19.8 Å². The number of carbonyl (C=O) groups excluding carboxylic acids is 1. The molecule has 7 heterocycles. The lowest BCUT2D eigenvalue weighted by Gasteiger charge is -2.54. The second kappa shape index (κ2) is 13.3. The van der Waals surface area contributed by atoms with E-state index in [1.165, 1.54) is 17.0 Å². The Balaban J connectivity index is 1.13. The quantitative estimate of drug-likeness (QED) is 0.198. The zero-order valence-corrected chi connectivity index (χ0v) is 31.2. The molecule has 0 aliphatic carbocycles. The molecule has 2 aromatic carbocycles. The van der Waals surface area contributed by atoms with Crippen LogP contribution in [0, 0.1) is 33.8 Å². The van der Waals surface area contributed by atoms with Gasteiger partial charge in [0.1, 0.15) is 41.0 Å². The largest absolute Gasteiger partial charge is 0.461 e. The number of ether oxygens (including phenoxy) is 2. The summed E-state index contributed by atoms with van der Waals surface area (Å²) in [6, 6.07) is 5.97. The van der Waals surface area contributed by atoms with Gasteiger partial charge in [-0.15, -0.1) is 11.3 Å². The van der Waals surface area contributed by atoms with Gasteiger partial charge in [-0.3, -0.25) is 9.69 Å². The van der Waals surface area contributed by atoms with Crippen LogP contribution in [0.3, 0.4) is 0 Å².